The molecule has 2 N–H and O–H groups in total. The Morgan fingerprint density at radius 2 is 1.79 bits per heavy atom. The molecule has 2 aliphatic rings. The third kappa shape index (κ3) is 5.46. The number of likely N-dealkylation sites (N-methyl/N-ethyl adjacent to an activating group) is 1. The van der Waals surface area contributed by atoms with Crippen molar-refractivity contribution in [3.05, 3.63) is 66.6 Å². The highest BCUT2D eigenvalue weighted by Crippen LogP contribution is 2.28. The summed E-state index contributed by atoms with van der Waals surface area (Å²) in [5, 5.41) is 6.30. The van der Waals surface area contributed by atoms with E-state index in [-0.39, 0.29) is 5.82 Å². The lowest BCUT2D eigenvalue weighted by molar-refractivity contribution is 0.0981. The van der Waals surface area contributed by atoms with Crippen LogP contribution in [-0.2, 0) is 0 Å². The minimum Gasteiger partial charge on any atom is -0.369 e. The number of hydrogen-bond acceptors (Lipinski definition) is 7. The molecule has 0 bridgehead atoms. The van der Waals surface area contributed by atoms with Crippen molar-refractivity contribution < 1.29 is 4.39 Å². The summed E-state index contributed by atoms with van der Waals surface area (Å²) in [6.07, 6.45) is 3.82. The predicted octanol–water partition coefficient (Wildman–Crippen LogP) is 4.12. The molecule has 3 heterocycles. The van der Waals surface area contributed by atoms with Crippen LogP contribution in [0.2, 0.25) is 0 Å². The first kappa shape index (κ1) is 22.6. The maximum Gasteiger partial charge on any atom is 0.229 e. The number of rotatable bonds is 6. The summed E-state index contributed by atoms with van der Waals surface area (Å²) in [5.74, 6) is 0.817. The van der Waals surface area contributed by atoms with Crippen LogP contribution in [0.5, 0.6) is 0 Å². The van der Waals surface area contributed by atoms with E-state index in [1.54, 1.807) is 12.3 Å². The van der Waals surface area contributed by atoms with Gasteiger partial charge in [0.25, 0.3) is 0 Å². The van der Waals surface area contributed by atoms with Crippen LogP contribution >= 0.6 is 0 Å². The molecule has 1 radical (unpaired) electrons. The third-order valence-electron chi connectivity index (χ3n) is 6.69. The minimum absolute atomic E-state index is 0.226. The van der Waals surface area contributed by atoms with Crippen LogP contribution in [-0.4, -0.2) is 72.1 Å². The van der Waals surface area contributed by atoms with Gasteiger partial charge in [0, 0.05) is 68.9 Å². The van der Waals surface area contributed by atoms with E-state index < -0.39 is 0 Å². The monoisotopic (exact) mass is 460 g/mol. The van der Waals surface area contributed by atoms with Gasteiger partial charge >= 0.3 is 0 Å². The van der Waals surface area contributed by atoms with Gasteiger partial charge < -0.3 is 20.4 Å². The molecule has 2 fully saturated rings. The van der Waals surface area contributed by atoms with Crippen molar-refractivity contribution in [1.82, 2.24) is 19.8 Å². The number of anilines is 5. The molecule has 0 saturated carbocycles. The Hall–Kier alpha value is -3.23. The largest absolute Gasteiger partial charge is 0.369 e. The summed E-state index contributed by atoms with van der Waals surface area (Å²) in [6.45, 7) is 6.31. The highest BCUT2D eigenvalue weighted by molar-refractivity contribution is 5.62. The van der Waals surface area contributed by atoms with Gasteiger partial charge in [0.05, 0.1) is 5.69 Å². The van der Waals surface area contributed by atoms with E-state index in [0.717, 1.165) is 57.8 Å². The van der Waals surface area contributed by atoms with Gasteiger partial charge in [-0.25, -0.2) is 9.37 Å². The van der Waals surface area contributed by atoms with Gasteiger partial charge in [-0.15, -0.1) is 0 Å². The molecule has 0 amide bonds. The van der Waals surface area contributed by atoms with Gasteiger partial charge in [-0.2, -0.15) is 4.98 Å². The molecule has 0 spiro atoms. The van der Waals surface area contributed by atoms with E-state index in [0.29, 0.717) is 29.2 Å². The number of piperidine rings is 1. The molecule has 0 aliphatic carbocycles. The first-order valence-electron chi connectivity index (χ1n) is 11.9. The van der Waals surface area contributed by atoms with Crippen LogP contribution in [0, 0.1) is 11.9 Å². The second-order valence-corrected chi connectivity index (χ2v) is 9.02. The Bertz CT molecular complexity index is 1080. The first-order chi connectivity index (χ1) is 16.6. The molecule has 0 atom stereocenters. The number of benzene rings is 2. The van der Waals surface area contributed by atoms with Crippen LogP contribution in [0.4, 0.5) is 33.2 Å². The van der Waals surface area contributed by atoms with Crippen LogP contribution < -0.4 is 15.5 Å². The zero-order valence-electron chi connectivity index (χ0n) is 19.5. The molecule has 8 heteroatoms. The summed E-state index contributed by atoms with van der Waals surface area (Å²) < 4.78 is 15.0. The minimum atomic E-state index is -0.226. The molecule has 2 saturated heterocycles. The summed E-state index contributed by atoms with van der Waals surface area (Å²) in [7, 11) is 2.18. The number of aromatic nitrogens is 2. The van der Waals surface area contributed by atoms with Gasteiger partial charge in [0.1, 0.15) is 11.6 Å². The number of para-hydroxylation sites is 1. The lowest BCUT2D eigenvalue weighted by Gasteiger charge is -2.42. The van der Waals surface area contributed by atoms with Crippen molar-refractivity contribution >= 4 is 28.8 Å². The molecule has 1 aromatic heterocycles. The van der Waals surface area contributed by atoms with E-state index in [4.69, 9.17) is 0 Å². The molecule has 177 valence electrons. The molecule has 34 heavy (non-hydrogen) atoms. The molecular weight excluding hydrogens is 429 g/mol. The number of nitrogens with one attached hydrogen (secondary N) is 2. The highest BCUT2D eigenvalue weighted by atomic mass is 19.1. The van der Waals surface area contributed by atoms with Gasteiger partial charge in [-0.3, -0.25) is 4.90 Å². The number of nitrogens with zero attached hydrogens (tertiary/aromatic N) is 5. The van der Waals surface area contributed by atoms with Crippen molar-refractivity contribution in [3.8, 4) is 0 Å². The lowest BCUT2D eigenvalue weighted by atomic mass is 10.0. The second kappa shape index (κ2) is 10.4. The Kier molecular flexibility index (Phi) is 6.87. The summed E-state index contributed by atoms with van der Waals surface area (Å²) in [5.41, 5.74) is 2.11. The van der Waals surface area contributed by atoms with Crippen LogP contribution in [0.3, 0.4) is 0 Å². The van der Waals surface area contributed by atoms with E-state index in [2.05, 4.69) is 48.4 Å². The Morgan fingerprint density at radius 1 is 0.971 bits per heavy atom. The average molecular weight is 461 g/mol. The molecule has 2 aromatic carbocycles. The average Bonchev–Trinajstić information content (AvgIpc) is 2.86. The van der Waals surface area contributed by atoms with Crippen molar-refractivity contribution in [2.45, 2.75) is 18.9 Å². The lowest BCUT2D eigenvalue weighted by Crippen LogP contribution is -2.52. The maximum atomic E-state index is 15.0. The van der Waals surface area contributed by atoms with E-state index in [9.17, 15) is 0 Å². The highest BCUT2D eigenvalue weighted by Gasteiger charge is 2.27. The van der Waals surface area contributed by atoms with Gasteiger partial charge in [-0.1, -0.05) is 18.2 Å². The number of hydrogen-bond donors (Lipinski definition) is 2. The number of halogens is 1. The fourth-order valence-electron chi connectivity index (χ4n) is 4.73. The van der Waals surface area contributed by atoms with Crippen molar-refractivity contribution in [1.29, 1.82) is 0 Å². The van der Waals surface area contributed by atoms with Crippen LogP contribution in [0.15, 0.2) is 54.7 Å². The second-order valence-electron chi connectivity index (χ2n) is 9.02. The van der Waals surface area contributed by atoms with Gasteiger partial charge in [0.2, 0.25) is 5.95 Å². The fraction of sp³-hybridized carbons (Fsp3) is 0.385. The van der Waals surface area contributed by atoms with Crippen LogP contribution in [0.25, 0.3) is 0 Å². The summed E-state index contributed by atoms with van der Waals surface area (Å²) >= 11 is 0. The predicted molar refractivity (Wildman–Crippen MR) is 135 cm³/mol. The standard InChI is InChI=1S/C26H31FN7/c1-32-15-17-33(18-16-32)22-10-13-34(14-11-22)24-8-7-21(19-23(24)27)30-26-28-12-9-25(31-26)29-20-5-3-2-4-6-20/h2-5,7-9,12,19,22H,10-11,13-18H2,1H3,(H2,28,29,30,31). The zero-order chi connectivity index (χ0) is 23.3. The zero-order valence-corrected chi connectivity index (χ0v) is 19.5. The van der Waals surface area contributed by atoms with E-state index in [1.165, 1.54) is 6.07 Å². The van der Waals surface area contributed by atoms with Crippen molar-refractivity contribution in [2.75, 3.05) is 61.8 Å². The SMILES string of the molecule is CN1CCN(C2CCN(c3ccc(Nc4nccc(Nc5[c]cccc5)n4)cc3F)CC2)CC1. The van der Waals surface area contributed by atoms with Gasteiger partial charge in [-0.05, 0) is 50.2 Å². The topological polar surface area (TPSA) is 59.6 Å². The van der Waals surface area contributed by atoms with E-state index >= 15 is 4.39 Å². The smallest absolute Gasteiger partial charge is 0.229 e. The van der Waals surface area contributed by atoms with E-state index in [1.807, 2.05) is 36.4 Å². The first-order valence-corrected chi connectivity index (χ1v) is 11.9. The van der Waals surface area contributed by atoms with Crippen molar-refractivity contribution in [3.63, 3.8) is 0 Å². The molecule has 3 aromatic rings. The molecule has 5 rings (SSSR count). The van der Waals surface area contributed by atoms with Crippen LogP contribution in [0.1, 0.15) is 12.8 Å². The Labute approximate surface area is 200 Å². The Balaban J connectivity index is 1.19. The molecule has 7 nitrogen and oxygen atoms in total. The third-order valence-corrected chi connectivity index (χ3v) is 6.69. The Morgan fingerprint density at radius 3 is 2.53 bits per heavy atom. The normalized spacial score (nSPS) is 18.1. The van der Waals surface area contributed by atoms with Gasteiger partial charge in [0.15, 0.2) is 0 Å². The fourth-order valence-corrected chi connectivity index (χ4v) is 4.73. The number of piperazine rings is 1. The molecule has 0 unspecified atom stereocenters. The maximum absolute atomic E-state index is 15.0. The van der Waals surface area contributed by atoms with Crippen molar-refractivity contribution in [2.24, 2.45) is 0 Å². The quantitative estimate of drug-likeness (QED) is 0.574. The summed E-state index contributed by atoms with van der Waals surface area (Å²) in [4.78, 5) is 15.9. The molecule has 2 aliphatic heterocycles. The molecular formula is C26H31FN7. The summed E-state index contributed by atoms with van der Waals surface area (Å²) in [6, 6.07) is 18.3.